The molecule has 71 heavy (non-hydrogen) atoms. The third kappa shape index (κ3) is 20.1. The van der Waals surface area contributed by atoms with Gasteiger partial charge in [0.1, 0.15) is 6.04 Å². The van der Waals surface area contributed by atoms with Crippen LogP contribution in [0.4, 0.5) is 0 Å². The molecule has 2 saturated heterocycles. The number of hydrogen-bond donors (Lipinski definition) is 11. The van der Waals surface area contributed by atoms with Gasteiger partial charge in [0.2, 0.25) is 23.6 Å². The molecule has 2 aromatic carbocycles. The zero-order chi connectivity index (χ0) is 51.9. The predicted octanol–water partition coefficient (Wildman–Crippen LogP) is -4.00. The van der Waals surface area contributed by atoms with E-state index in [-0.39, 0.29) is 109 Å². The molecule has 0 saturated carbocycles. The van der Waals surface area contributed by atoms with Gasteiger partial charge < -0.3 is 63.6 Å². The molecule has 390 valence electrons. The van der Waals surface area contributed by atoms with Crippen LogP contribution in [0.25, 0.3) is 10.8 Å². The maximum absolute atomic E-state index is 13.6. The maximum Gasteiger partial charge on any atom is 0.475 e. The lowest BCUT2D eigenvalue weighted by molar-refractivity contribution is -0.139. The Balaban J connectivity index is 1.29. The van der Waals surface area contributed by atoms with Gasteiger partial charge in [-0.1, -0.05) is 24.3 Å². The van der Waals surface area contributed by atoms with Gasteiger partial charge in [0.15, 0.2) is 5.96 Å². The topological polar surface area (TPSA) is 372 Å². The first kappa shape index (κ1) is 57.1. The van der Waals surface area contributed by atoms with E-state index in [4.69, 9.17) is 17.2 Å². The lowest BCUT2D eigenvalue weighted by atomic mass is 9.78. The molecule has 2 aliphatic rings. The number of primary amides is 1. The van der Waals surface area contributed by atoms with Gasteiger partial charge in [-0.25, -0.2) is 0 Å². The molecular formula is C45H70BN13O12. The summed E-state index contributed by atoms with van der Waals surface area (Å²) in [6, 6.07) is 9.02. The number of fused-ring (bicyclic) bond motifs is 1. The van der Waals surface area contributed by atoms with Crippen LogP contribution in [-0.4, -0.2) is 228 Å². The number of amides is 6. The minimum absolute atomic E-state index is 0.0774. The molecule has 0 bridgehead atoms. The molecule has 2 heterocycles. The van der Waals surface area contributed by atoms with Crippen LogP contribution in [0.15, 0.2) is 41.4 Å². The third-order valence-corrected chi connectivity index (χ3v) is 12.2. The predicted molar refractivity (Wildman–Crippen MR) is 262 cm³/mol. The molecular weight excluding hydrogens is 925 g/mol. The van der Waals surface area contributed by atoms with E-state index >= 15 is 0 Å². The second-order valence-corrected chi connectivity index (χ2v) is 17.6. The highest BCUT2D eigenvalue weighted by Crippen LogP contribution is 2.24. The molecule has 25 nitrogen and oxygen atoms in total. The number of nitrogens with two attached hydrogens (primary N) is 3. The van der Waals surface area contributed by atoms with E-state index in [2.05, 4.69) is 26.3 Å². The normalized spacial score (nSPS) is 17.0. The summed E-state index contributed by atoms with van der Waals surface area (Å²) in [5.41, 5.74) is 17.0. The number of nitrogens with one attached hydrogen (secondary N) is 4. The molecule has 0 spiro atoms. The van der Waals surface area contributed by atoms with Crippen molar-refractivity contribution in [2.75, 3.05) is 111 Å². The van der Waals surface area contributed by atoms with Crippen LogP contribution in [-0.2, 0) is 28.8 Å². The van der Waals surface area contributed by atoms with Crippen molar-refractivity contribution >= 4 is 71.2 Å². The van der Waals surface area contributed by atoms with Crippen molar-refractivity contribution in [3.8, 4) is 0 Å². The number of aliphatic imine (C=N–C) groups is 1. The van der Waals surface area contributed by atoms with Crippen LogP contribution >= 0.6 is 0 Å². The van der Waals surface area contributed by atoms with E-state index in [0.29, 0.717) is 81.0 Å². The van der Waals surface area contributed by atoms with E-state index in [0.717, 1.165) is 0 Å². The molecule has 26 heteroatoms. The number of carbonyl (C=O) groups excluding carboxylic acids is 6. The molecule has 0 aliphatic carbocycles. The van der Waals surface area contributed by atoms with Gasteiger partial charge in [-0.3, -0.25) is 62.9 Å². The number of benzene rings is 2. The number of hydrogen-bond acceptors (Lipinski definition) is 15. The largest absolute Gasteiger partial charge is 0.480 e. The molecule has 2 aliphatic heterocycles. The number of guanidine groups is 1. The zero-order valence-electron chi connectivity index (χ0n) is 40.1. The fourth-order valence-corrected chi connectivity index (χ4v) is 8.55. The minimum atomic E-state index is -1.67. The highest BCUT2D eigenvalue weighted by Gasteiger charge is 2.37. The molecule has 0 radical (unpaired) electrons. The monoisotopic (exact) mass is 996 g/mol. The fraction of sp³-hybridized carbons (Fsp3) is 0.578. The average Bonchev–Trinajstić information content (AvgIpc) is 3.82. The van der Waals surface area contributed by atoms with Crippen LogP contribution in [0.2, 0.25) is 0 Å². The Hall–Kier alpha value is -6.45. The van der Waals surface area contributed by atoms with E-state index in [1.54, 1.807) is 49.9 Å². The van der Waals surface area contributed by atoms with E-state index in [9.17, 15) is 58.6 Å². The van der Waals surface area contributed by atoms with Crippen molar-refractivity contribution in [3.05, 3.63) is 47.5 Å². The van der Waals surface area contributed by atoms with E-state index < -0.39 is 60.6 Å². The van der Waals surface area contributed by atoms with Gasteiger partial charge in [0, 0.05) is 89.7 Å². The number of rotatable bonds is 25. The van der Waals surface area contributed by atoms with Crippen LogP contribution < -0.4 is 38.5 Å². The highest BCUT2D eigenvalue weighted by molar-refractivity contribution is 6.43. The molecule has 2 unspecified atom stereocenters. The van der Waals surface area contributed by atoms with Gasteiger partial charge in [-0.05, 0) is 67.9 Å². The highest BCUT2D eigenvalue weighted by atomic mass is 16.4. The van der Waals surface area contributed by atoms with Crippen molar-refractivity contribution in [3.63, 3.8) is 0 Å². The zero-order valence-corrected chi connectivity index (χ0v) is 40.1. The van der Waals surface area contributed by atoms with Gasteiger partial charge in [-0.15, -0.1) is 0 Å². The number of likely N-dealkylation sites (tertiary alicyclic amines) is 1. The molecule has 2 aromatic rings. The van der Waals surface area contributed by atoms with Gasteiger partial charge in [0.25, 0.3) is 11.8 Å². The van der Waals surface area contributed by atoms with Gasteiger partial charge >= 0.3 is 19.1 Å². The number of carboxylic acid groups (broad SMARTS) is 2. The number of carboxylic acids is 2. The number of aliphatic carboxylic acids is 2. The van der Waals surface area contributed by atoms with Crippen molar-refractivity contribution in [2.45, 2.75) is 56.9 Å². The Kier molecular flexibility index (Phi) is 23.9. The molecule has 2 fully saturated rings. The van der Waals surface area contributed by atoms with Crippen LogP contribution in [0.5, 0.6) is 0 Å². The Bertz CT molecular complexity index is 2150. The summed E-state index contributed by atoms with van der Waals surface area (Å²) in [7, 11) is -1.67. The second-order valence-electron chi connectivity index (χ2n) is 17.6. The molecule has 4 rings (SSSR count). The van der Waals surface area contributed by atoms with Crippen molar-refractivity contribution in [1.29, 1.82) is 0 Å². The molecule has 2 atom stereocenters. The average molecular weight is 996 g/mol. The summed E-state index contributed by atoms with van der Waals surface area (Å²) >= 11 is 0. The Morgan fingerprint density at radius 2 is 1.15 bits per heavy atom. The smallest absolute Gasteiger partial charge is 0.475 e. The lowest BCUT2D eigenvalue weighted by Crippen LogP contribution is -2.52. The third-order valence-electron chi connectivity index (χ3n) is 12.2. The quantitative estimate of drug-likeness (QED) is 0.0195. The number of unbranched alkanes of at least 4 members (excludes halogenated alkanes) is 2. The first-order valence-electron chi connectivity index (χ1n) is 23.9. The van der Waals surface area contributed by atoms with E-state index in [1.807, 2.05) is 0 Å². The first-order valence-corrected chi connectivity index (χ1v) is 23.9. The lowest BCUT2D eigenvalue weighted by Gasteiger charge is -2.33. The van der Waals surface area contributed by atoms with Crippen molar-refractivity contribution in [1.82, 2.24) is 45.8 Å². The minimum Gasteiger partial charge on any atom is -0.480 e. The van der Waals surface area contributed by atoms with Gasteiger partial charge in [-0.2, -0.15) is 0 Å². The standard InChI is InChI=1S/C45H70BN13O12/c47-37(60)27-55-18-22-57(29-40(63)64)24-20-56(21-25-58(23-19-55)30-41(65)66)28-38(61)54-35(10-6-16-52-45(48)49)44(69)51-15-5-1-4-14-50-42(67)33-12-13-34(32-9-3-2-8-31(32)33)43(68)53-26-39(62)59-17-7-11-36(59)46(70)71/h2-3,8-9,12-13,35-36,70-71H,1,4-7,10-11,14-30H2,(H2,47,60)(H,50,67)(H,51,69)(H,53,68)(H,54,61)(H,63,64)(H,65,66)(H4,48,49,52). The number of carbonyl (C=O) groups is 8. The molecule has 0 aromatic heterocycles. The van der Waals surface area contributed by atoms with Crippen molar-refractivity contribution in [2.24, 2.45) is 22.2 Å². The second kappa shape index (κ2) is 29.7. The Labute approximate surface area is 412 Å². The fourth-order valence-electron chi connectivity index (χ4n) is 8.55. The Morgan fingerprint density at radius 3 is 1.66 bits per heavy atom. The Morgan fingerprint density at radius 1 is 0.648 bits per heavy atom. The van der Waals surface area contributed by atoms with Gasteiger partial charge in [0.05, 0.1) is 38.7 Å². The summed E-state index contributed by atoms with van der Waals surface area (Å²) in [5, 5.41) is 50.6. The summed E-state index contributed by atoms with van der Waals surface area (Å²) < 4.78 is 0. The molecule has 6 amide bonds. The molecule has 14 N–H and O–H groups in total. The van der Waals surface area contributed by atoms with Crippen LogP contribution in [0.3, 0.4) is 0 Å². The summed E-state index contributed by atoms with van der Waals surface area (Å²) in [6.45, 7) is 2.14. The van der Waals surface area contributed by atoms with Crippen molar-refractivity contribution < 1.29 is 58.6 Å². The summed E-state index contributed by atoms with van der Waals surface area (Å²) in [6.07, 6.45) is 3.41. The van der Waals surface area contributed by atoms with Crippen LogP contribution in [0.1, 0.15) is 65.7 Å². The first-order chi connectivity index (χ1) is 33.9. The summed E-state index contributed by atoms with van der Waals surface area (Å²) in [4.78, 5) is 114. The van der Waals surface area contributed by atoms with E-state index in [1.165, 1.54) is 11.0 Å². The SMILES string of the molecule is NC(=O)CN1CCN(CC(=O)O)CCN(CC(=O)NC(CCCN=C(N)N)C(=O)NCCCCCNC(=O)c2ccc(C(=O)NCC(=O)N3CCCC3B(O)O)c3ccccc23)CCN(CC(=O)O)CC1. The van der Waals surface area contributed by atoms with Crippen LogP contribution in [0, 0.1) is 0 Å². The number of nitrogens with zero attached hydrogens (tertiary/aromatic N) is 6. The maximum atomic E-state index is 13.6. The summed E-state index contributed by atoms with van der Waals surface area (Å²) in [5.74, 6) is -5.73.